The van der Waals surface area contributed by atoms with Crippen molar-refractivity contribution in [1.82, 2.24) is 9.80 Å². The predicted octanol–water partition coefficient (Wildman–Crippen LogP) is 0.928. The molecule has 0 N–H and O–H groups in total. The second kappa shape index (κ2) is 7.65. The van der Waals surface area contributed by atoms with Crippen LogP contribution in [0, 0.1) is 11.3 Å². The van der Waals surface area contributed by atoms with Gasteiger partial charge in [0.25, 0.3) is 5.91 Å². The van der Waals surface area contributed by atoms with Crippen molar-refractivity contribution in [1.29, 1.82) is 5.26 Å². The van der Waals surface area contributed by atoms with E-state index in [1.165, 1.54) is 0 Å². The van der Waals surface area contributed by atoms with Crippen molar-refractivity contribution in [2.75, 3.05) is 57.3 Å². The molecule has 1 aromatic carbocycles. The van der Waals surface area contributed by atoms with Crippen molar-refractivity contribution in [3.8, 4) is 6.07 Å². The molecule has 2 fully saturated rings. The normalized spacial score (nSPS) is 22.2. The topological polar surface area (TPSA) is 59.8 Å². The number of piperazine rings is 1. The molecule has 0 radical (unpaired) electrons. The Kier molecular flexibility index (Phi) is 5.34. The summed E-state index contributed by atoms with van der Waals surface area (Å²) in [5, 5.41) is 9.25. The summed E-state index contributed by atoms with van der Waals surface area (Å²) in [4.78, 5) is 19.0. The number of morpholine rings is 1. The van der Waals surface area contributed by atoms with E-state index >= 15 is 0 Å². The SMILES string of the molecule is CCN1CCOC(C(=O)N2CCN(c3ccccc3C#N)CC2)C1. The van der Waals surface area contributed by atoms with Gasteiger partial charge in [0.2, 0.25) is 0 Å². The highest BCUT2D eigenvalue weighted by Crippen LogP contribution is 2.21. The van der Waals surface area contributed by atoms with Gasteiger partial charge in [-0.3, -0.25) is 9.69 Å². The van der Waals surface area contributed by atoms with Gasteiger partial charge >= 0.3 is 0 Å². The minimum Gasteiger partial charge on any atom is -0.367 e. The second-order valence-electron chi connectivity index (χ2n) is 6.19. The van der Waals surface area contributed by atoms with E-state index in [9.17, 15) is 10.1 Å². The molecule has 0 aromatic heterocycles. The van der Waals surface area contributed by atoms with E-state index in [1.54, 1.807) is 0 Å². The summed E-state index contributed by atoms with van der Waals surface area (Å²) >= 11 is 0. The maximum Gasteiger partial charge on any atom is 0.253 e. The minimum atomic E-state index is -0.336. The largest absolute Gasteiger partial charge is 0.367 e. The number of hydrogen-bond donors (Lipinski definition) is 0. The summed E-state index contributed by atoms with van der Waals surface area (Å²) in [6, 6.07) is 9.87. The van der Waals surface area contributed by atoms with E-state index in [-0.39, 0.29) is 12.0 Å². The van der Waals surface area contributed by atoms with Gasteiger partial charge in [-0.25, -0.2) is 0 Å². The third kappa shape index (κ3) is 3.53. The Morgan fingerprint density at radius 1 is 1.25 bits per heavy atom. The Morgan fingerprint density at radius 2 is 2.00 bits per heavy atom. The molecule has 24 heavy (non-hydrogen) atoms. The fraction of sp³-hybridized carbons (Fsp3) is 0.556. The third-order valence-corrected chi connectivity index (χ3v) is 4.83. The predicted molar refractivity (Wildman–Crippen MR) is 91.8 cm³/mol. The molecule has 0 bridgehead atoms. The number of amides is 1. The number of likely N-dealkylation sites (N-methyl/N-ethyl adjacent to an activating group) is 1. The van der Waals surface area contributed by atoms with Gasteiger partial charge in [-0.15, -0.1) is 0 Å². The summed E-state index contributed by atoms with van der Waals surface area (Å²) in [5.74, 6) is 0.0985. The molecule has 2 heterocycles. The fourth-order valence-corrected chi connectivity index (χ4v) is 3.35. The molecule has 128 valence electrons. The van der Waals surface area contributed by atoms with Gasteiger partial charge < -0.3 is 14.5 Å². The summed E-state index contributed by atoms with van der Waals surface area (Å²) in [6.45, 7) is 8.11. The molecule has 1 aromatic rings. The number of para-hydroxylation sites is 1. The molecule has 6 heteroatoms. The Hall–Kier alpha value is -2.10. The molecular weight excluding hydrogens is 304 g/mol. The van der Waals surface area contributed by atoms with E-state index in [0.717, 1.165) is 31.9 Å². The lowest BCUT2D eigenvalue weighted by atomic mass is 10.1. The molecule has 1 unspecified atom stereocenters. The number of hydrogen-bond acceptors (Lipinski definition) is 5. The summed E-state index contributed by atoms with van der Waals surface area (Å²) in [5.41, 5.74) is 1.64. The van der Waals surface area contributed by atoms with Crippen LogP contribution in [0.25, 0.3) is 0 Å². The molecule has 0 saturated carbocycles. The fourth-order valence-electron chi connectivity index (χ4n) is 3.35. The highest BCUT2D eigenvalue weighted by molar-refractivity contribution is 5.81. The first-order valence-corrected chi connectivity index (χ1v) is 8.59. The van der Waals surface area contributed by atoms with Crippen molar-refractivity contribution in [2.45, 2.75) is 13.0 Å². The molecule has 2 aliphatic heterocycles. The molecule has 6 nitrogen and oxygen atoms in total. The van der Waals surface area contributed by atoms with Crippen molar-refractivity contribution in [3.63, 3.8) is 0 Å². The number of anilines is 1. The summed E-state index contributed by atoms with van der Waals surface area (Å²) in [7, 11) is 0. The van der Waals surface area contributed by atoms with E-state index in [2.05, 4.69) is 22.8 Å². The van der Waals surface area contributed by atoms with E-state index in [0.29, 0.717) is 31.8 Å². The number of nitrogens with zero attached hydrogens (tertiary/aromatic N) is 4. The highest BCUT2D eigenvalue weighted by atomic mass is 16.5. The van der Waals surface area contributed by atoms with Crippen LogP contribution in [0.5, 0.6) is 0 Å². The van der Waals surface area contributed by atoms with Crippen LogP contribution in [-0.2, 0) is 9.53 Å². The number of rotatable bonds is 3. The van der Waals surface area contributed by atoms with Crippen LogP contribution >= 0.6 is 0 Å². The molecule has 1 atom stereocenters. The van der Waals surface area contributed by atoms with Gasteiger partial charge in [0, 0.05) is 39.3 Å². The van der Waals surface area contributed by atoms with Crippen molar-refractivity contribution >= 4 is 11.6 Å². The standard InChI is InChI=1S/C18H24N4O2/c1-2-20-11-12-24-17(14-20)18(23)22-9-7-21(8-10-22)16-6-4-3-5-15(16)13-19/h3-6,17H,2,7-12,14H2,1H3. The van der Waals surface area contributed by atoms with Crippen molar-refractivity contribution < 1.29 is 9.53 Å². The van der Waals surface area contributed by atoms with Gasteiger partial charge in [0.05, 0.1) is 17.9 Å². The third-order valence-electron chi connectivity index (χ3n) is 4.83. The maximum atomic E-state index is 12.7. The van der Waals surface area contributed by atoms with E-state index < -0.39 is 0 Å². The lowest BCUT2D eigenvalue weighted by molar-refractivity contribution is -0.149. The van der Waals surface area contributed by atoms with Gasteiger partial charge in [-0.05, 0) is 18.7 Å². The Balaban J connectivity index is 1.59. The molecular formula is C18H24N4O2. The smallest absolute Gasteiger partial charge is 0.253 e. The lowest BCUT2D eigenvalue weighted by Gasteiger charge is -2.39. The monoisotopic (exact) mass is 328 g/mol. The number of carbonyl (C=O) groups excluding carboxylic acids is 1. The van der Waals surface area contributed by atoms with Gasteiger partial charge in [-0.1, -0.05) is 19.1 Å². The number of nitriles is 1. The quantitative estimate of drug-likeness (QED) is 0.826. The average Bonchev–Trinajstić information content (AvgIpc) is 2.67. The first kappa shape index (κ1) is 16.7. The minimum absolute atomic E-state index is 0.0985. The van der Waals surface area contributed by atoms with Crippen LogP contribution in [0.4, 0.5) is 5.69 Å². The molecule has 2 saturated heterocycles. The van der Waals surface area contributed by atoms with Crippen LogP contribution in [0.15, 0.2) is 24.3 Å². The zero-order valence-electron chi connectivity index (χ0n) is 14.1. The van der Waals surface area contributed by atoms with Crippen LogP contribution in [0.3, 0.4) is 0 Å². The zero-order valence-corrected chi connectivity index (χ0v) is 14.1. The lowest BCUT2D eigenvalue weighted by Crippen LogP contribution is -2.55. The number of ether oxygens (including phenoxy) is 1. The van der Waals surface area contributed by atoms with E-state index in [4.69, 9.17) is 4.74 Å². The Labute approximate surface area is 143 Å². The van der Waals surface area contributed by atoms with Gasteiger partial charge in [0.1, 0.15) is 12.2 Å². The van der Waals surface area contributed by atoms with Gasteiger partial charge in [-0.2, -0.15) is 5.26 Å². The first-order valence-electron chi connectivity index (χ1n) is 8.59. The first-order chi connectivity index (χ1) is 11.7. The van der Waals surface area contributed by atoms with Crippen LogP contribution in [0.2, 0.25) is 0 Å². The number of carbonyl (C=O) groups is 1. The molecule has 3 rings (SSSR count). The molecule has 2 aliphatic rings. The summed E-state index contributed by atoms with van der Waals surface area (Å²) in [6.07, 6.45) is -0.336. The average molecular weight is 328 g/mol. The van der Waals surface area contributed by atoms with E-state index in [1.807, 2.05) is 29.2 Å². The van der Waals surface area contributed by atoms with Crippen molar-refractivity contribution in [2.24, 2.45) is 0 Å². The molecule has 0 aliphatic carbocycles. The number of benzene rings is 1. The Bertz CT molecular complexity index is 620. The van der Waals surface area contributed by atoms with Crippen molar-refractivity contribution in [3.05, 3.63) is 29.8 Å². The maximum absolute atomic E-state index is 12.7. The second-order valence-corrected chi connectivity index (χ2v) is 6.19. The van der Waals surface area contributed by atoms with Crippen LogP contribution < -0.4 is 4.90 Å². The molecule has 0 spiro atoms. The summed E-state index contributed by atoms with van der Waals surface area (Å²) < 4.78 is 5.68. The Morgan fingerprint density at radius 3 is 2.71 bits per heavy atom. The highest BCUT2D eigenvalue weighted by Gasteiger charge is 2.31. The zero-order chi connectivity index (χ0) is 16.9. The van der Waals surface area contributed by atoms with Gasteiger partial charge in [0.15, 0.2) is 0 Å². The molecule has 1 amide bonds. The van der Waals surface area contributed by atoms with Crippen LogP contribution in [-0.4, -0.2) is 74.2 Å². The van der Waals surface area contributed by atoms with Crippen LogP contribution in [0.1, 0.15) is 12.5 Å².